The first-order chi connectivity index (χ1) is 9.06. The van der Waals surface area contributed by atoms with Crippen LogP contribution in [0.15, 0.2) is 24.3 Å². The minimum atomic E-state index is -0.972. The second-order valence-corrected chi connectivity index (χ2v) is 4.50. The molecule has 0 saturated carbocycles. The van der Waals surface area contributed by atoms with Crippen molar-refractivity contribution in [1.82, 2.24) is 5.32 Å². The highest BCUT2D eigenvalue weighted by molar-refractivity contribution is 5.80. The van der Waals surface area contributed by atoms with E-state index in [9.17, 15) is 14.7 Å². The van der Waals surface area contributed by atoms with Crippen molar-refractivity contribution in [2.45, 2.75) is 12.5 Å². The van der Waals surface area contributed by atoms with Gasteiger partial charge in [-0.2, -0.15) is 0 Å². The van der Waals surface area contributed by atoms with Crippen LogP contribution in [0.2, 0.25) is 0 Å². The molecule has 1 saturated heterocycles. The average Bonchev–Trinajstić information content (AvgIpc) is 2.76. The summed E-state index contributed by atoms with van der Waals surface area (Å²) in [6.07, 6.45) is 0.0945. The lowest BCUT2D eigenvalue weighted by molar-refractivity contribution is -0.142. The molecular weight excluding hydrogens is 250 g/mol. The van der Waals surface area contributed by atoms with Gasteiger partial charge in [-0.05, 0) is 17.7 Å². The lowest BCUT2D eigenvalue weighted by Gasteiger charge is -2.15. The van der Waals surface area contributed by atoms with Crippen molar-refractivity contribution >= 4 is 11.9 Å². The van der Waals surface area contributed by atoms with Crippen LogP contribution in [0.1, 0.15) is 5.56 Å². The van der Waals surface area contributed by atoms with E-state index in [2.05, 4.69) is 5.32 Å². The van der Waals surface area contributed by atoms with Crippen LogP contribution in [0.25, 0.3) is 0 Å². The second-order valence-electron chi connectivity index (χ2n) is 4.50. The number of carboxylic acids is 1. The van der Waals surface area contributed by atoms with Crippen LogP contribution in [0.3, 0.4) is 0 Å². The standard InChI is InChI=1S/C13H15NO5/c15-9-3-1-2-8(4-9)5-12(16)14-11-7-19-6-10(11)13(17)18/h1-4,10-11,15H,5-7H2,(H,14,16)(H,17,18). The summed E-state index contributed by atoms with van der Waals surface area (Å²) in [5.41, 5.74) is 0.670. The molecule has 102 valence electrons. The summed E-state index contributed by atoms with van der Waals surface area (Å²) in [7, 11) is 0. The number of hydrogen-bond donors (Lipinski definition) is 3. The summed E-state index contributed by atoms with van der Waals surface area (Å²) >= 11 is 0. The fourth-order valence-corrected chi connectivity index (χ4v) is 2.05. The molecule has 2 rings (SSSR count). The van der Waals surface area contributed by atoms with Gasteiger partial charge in [-0.25, -0.2) is 0 Å². The average molecular weight is 265 g/mol. The summed E-state index contributed by atoms with van der Waals surface area (Å²) < 4.78 is 5.07. The largest absolute Gasteiger partial charge is 0.508 e. The van der Waals surface area contributed by atoms with Gasteiger partial charge in [-0.15, -0.1) is 0 Å². The van der Waals surface area contributed by atoms with E-state index in [4.69, 9.17) is 9.84 Å². The zero-order chi connectivity index (χ0) is 13.8. The van der Waals surface area contributed by atoms with Crippen molar-refractivity contribution in [3.63, 3.8) is 0 Å². The predicted octanol–water partition coefficient (Wildman–Crippen LogP) is 0.151. The van der Waals surface area contributed by atoms with Crippen LogP contribution in [-0.2, 0) is 20.7 Å². The number of carboxylic acid groups (broad SMARTS) is 1. The maximum atomic E-state index is 11.8. The Hall–Kier alpha value is -2.08. The van der Waals surface area contributed by atoms with Crippen LogP contribution in [0.4, 0.5) is 0 Å². The number of nitrogens with one attached hydrogen (secondary N) is 1. The van der Waals surface area contributed by atoms with Crippen molar-refractivity contribution < 1.29 is 24.5 Å². The molecule has 2 atom stereocenters. The number of carbonyl (C=O) groups is 2. The van der Waals surface area contributed by atoms with Crippen LogP contribution in [-0.4, -0.2) is 41.3 Å². The Labute approximate surface area is 110 Å². The van der Waals surface area contributed by atoms with Gasteiger partial charge in [0.1, 0.15) is 11.7 Å². The number of phenolic OH excluding ortho intramolecular Hbond substituents is 1. The second kappa shape index (κ2) is 5.71. The van der Waals surface area contributed by atoms with Crippen molar-refractivity contribution in [2.75, 3.05) is 13.2 Å². The third kappa shape index (κ3) is 3.45. The number of ether oxygens (including phenoxy) is 1. The zero-order valence-electron chi connectivity index (χ0n) is 10.2. The number of phenols is 1. The van der Waals surface area contributed by atoms with Crippen LogP contribution in [0.5, 0.6) is 5.75 Å². The molecule has 0 aliphatic carbocycles. The number of amides is 1. The van der Waals surface area contributed by atoms with Crippen LogP contribution in [0, 0.1) is 5.92 Å². The minimum Gasteiger partial charge on any atom is -0.508 e. The highest BCUT2D eigenvalue weighted by Gasteiger charge is 2.34. The molecule has 1 aliphatic rings. The quantitative estimate of drug-likeness (QED) is 0.720. The van der Waals surface area contributed by atoms with Gasteiger partial charge in [0.2, 0.25) is 5.91 Å². The first-order valence-electron chi connectivity index (χ1n) is 5.94. The Kier molecular flexibility index (Phi) is 4.01. The summed E-state index contributed by atoms with van der Waals surface area (Å²) in [5.74, 6) is -1.86. The minimum absolute atomic E-state index is 0.0945. The highest BCUT2D eigenvalue weighted by Crippen LogP contribution is 2.15. The van der Waals surface area contributed by atoms with Crippen molar-refractivity contribution in [3.05, 3.63) is 29.8 Å². The third-order valence-electron chi connectivity index (χ3n) is 3.02. The molecule has 0 radical (unpaired) electrons. The zero-order valence-corrected chi connectivity index (χ0v) is 10.2. The van der Waals surface area contributed by atoms with E-state index in [1.807, 2.05) is 0 Å². The fourth-order valence-electron chi connectivity index (χ4n) is 2.05. The molecule has 0 bridgehead atoms. The molecule has 1 aromatic carbocycles. The summed E-state index contributed by atoms with van der Waals surface area (Å²) in [4.78, 5) is 22.7. The fraction of sp³-hybridized carbons (Fsp3) is 0.385. The highest BCUT2D eigenvalue weighted by atomic mass is 16.5. The van der Waals surface area contributed by atoms with E-state index in [-0.39, 0.29) is 31.3 Å². The maximum absolute atomic E-state index is 11.8. The van der Waals surface area contributed by atoms with Crippen LogP contribution >= 0.6 is 0 Å². The van der Waals surface area contributed by atoms with Gasteiger partial charge in [0.05, 0.1) is 25.7 Å². The summed E-state index contributed by atoms with van der Waals surface area (Å²) in [6.45, 7) is 0.329. The van der Waals surface area contributed by atoms with Gasteiger partial charge in [0.15, 0.2) is 0 Å². The van der Waals surface area contributed by atoms with Crippen molar-refractivity contribution in [3.8, 4) is 5.75 Å². The molecule has 1 aliphatic heterocycles. The Bertz CT molecular complexity index is 488. The molecule has 0 spiro atoms. The molecular formula is C13H15NO5. The molecule has 2 unspecified atom stereocenters. The molecule has 6 heteroatoms. The third-order valence-corrected chi connectivity index (χ3v) is 3.02. The Morgan fingerprint density at radius 2 is 2.16 bits per heavy atom. The Balaban J connectivity index is 1.92. The molecule has 1 aromatic rings. The molecule has 19 heavy (non-hydrogen) atoms. The van der Waals surface area contributed by atoms with Crippen molar-refractivity contribution in [2.24, 2.45) is 5.92 Å². The van der Waals surface area contributed by atoms with E-state index in [0.717, 1.165) is 0 Å². The maximum Gasteiger partial charge on any atom is 0.311 e. The molecule has 1 fully saturated rings. The van der Waals surface area contributed by atoms with E-state index in [1.165, 1.54) is 12.1 Å². The van der Waals surface area contributed by atoms with Gasteiger partial charge in [0.25, 0.3) is 0 Å². The van der Waals surface area contributed by atoms with E-state index in [1.54, 1.807) is 12.1 Å². The Morgan fingerprint density at radius 3 is 2.84 bits per heavy atom. The number of rotatable bonds is 4. The number of aliphatic carboxylic acids is 1. The van der Waals surface area contributed by atoms with E-state index in [0.29, 0.717) is 5.56 Å². The van der Waals surface area contributed by atoms with E-state index < -0.39 is 17.9 Å². The molecule has 3 N–H and O–H groups in total. The Morgan fingerprint density at radius 1 is 1.37 bits per heavy atom. The molecule has 6 nitrogen and oxygen atoms in total. The lowest BCUT2D eigenvalue weighted by atomic mass is 10.0. The molecule has 0 aromatic heterocycles. The van der Waals surface area contributed by atoms with Gasteiger partial charge >= 0.3 is 5.97 Å². The molecule has 1 heterocycles. The number of benzene rings is 1. The van der Waals surface area contributed by atoms with Crippen molar-refractivity contribution in [1.29, 1.82) is 0 Å². The van der Waals surface area contributed by atoms with Gasteiger partial charge in [-0.3, -0.25) is 9.59 Å². The normalized spacial score (nSPS) is 22.1. The SMILES string of the molecule is O=C(Cc1cccc(O)c1)NC1COCC1C(=O)O. The predicted molar refractivity (Wildman–Crippen MR) is 65.7 cm³/mol. The molecule has 1 amide bonds. The monoisotopic (exact) mass is 265 g/mol. The van der Waals surface area contributed by atoms with Gasteiger partial charge < -0.3 is 20.3 Å². The first kappa shape index (κ1) is 13.4. The van der Waals surface area contributed by atoms with Gasteiger partial charge in [-0.1, -0.05) is 12.1 Å². The lowest BCUT2D eigenvalue weighted by Crippen LogP contribution is -2.43. The number of carbonyl (C=O) groups excluding carboxylic acids is 1. The smallest absolute Gasteiger partial charge is 0.311 e. The van der Waals surface area contributed by atoms with Gasteiger partial charge in [0, 0.05) is 0 Å². The van der Waals surface area contributed by atoms with Crippen LogP contribution < -0.4 is 5.32 Å². The summed E-state index contributed by atoms with van der Waals surface area (Å²) in [5, 5.41) is 20.9. The number of hydrogen-bond acceptors (Lipinski definition) is 4. The topological polar surface area (TPSA) is 95.9 Å². The van der Waals surface area contributed by atoms with E-state index >= 15 is 0 Å². The summed E-state index contributed by atoms with van der Waals surface area (Å²) in [6, 6.07) is 5.89. The first-order valence-corrected chi connectivity index (χ1v) is 5.94. The number of aromatic hydroxyl groups is 1.